The highest BCUT2D eigenvalue weighted by molar-refractivity contribution is 6.36. The summed E-state index contributed by atoms with van der Waals surface area (Å²) in [5, 5.41) is 12.7. The second-order valence-corrected chi connectivity index (χ2v) is 14.4. The minimum absolute atomic E-state index is 0.00428. The van der Waals surface area contributed by atoms with E-state index in [9.17, 15) is 19.5 Å². The minimum Gasteiger partial charge on any atom is -0.485 e. The van der Waals surface area contributed by atoms with E-state index in [1.165, 1.54) is 11.0 Å². The number of carbonyl (C=O) groups excluding carboxylic acids is 2. The first-order chi connectivity index (χ1) is 29.3. The summed E-state index contributed by atoms with van der Waals surface area (Å²) in [5.74, 6) is -1.06. The van der Waals surface area contributed by atoms with Gasteiger partial charge < -0.3 is 34.3 Å². The molecule has 0 saturated heterocycles. The molecule has 0 aromatic heterocycles. The predicted molar refractivity (Wildman–Crippen MR) is 231 cm³/mol. The largest absolute Gasteiger partial charge is 0.485 e. The van der Waals surface area contributed by atoms with Gasteiger partial charge in [-0.3, -0.25) is 14.4 Å². The lowest BCUT2D eigenvalue weighted by atomic mass is 10.1. The molecular weight excluding hydrogens is 803 g/mol. The van der Waals surface area contributed by atoms with Crippen molar-refractivity contribution in [2.75, 3.05) is 19.6 Å². The third-order valence-corrected chi connectivity index (χ3v) is 10.0. The molecular formula is C48H44Cl2N2O8. The van der Waals surface area contributed by atoms with Crippen molar-refractivity contribution in [1.82, 2.24) is 10.2 Å². The number of benzene rings is 6. The van der Waals surface area contributed by atoms with E-state index in [0.717, 1.165) is 22.3 Å². The molecule has 10 nitrogen and oxygen atoms in total. The molecule has 6 aromatic carbocycles. The highest BCUT2D eigenvalue weighted by Crippen LogP contribution is 2.40. The molecule has 2 amide bonds. The molecule has 0 heterocycles. The van der Waals surface area contributed by atoms with Gasteiger partial charge >= 0.3 is 5.97 Å². The van der Waals surface area contributed by atoms with Crippen LogP contribution < -0.4 is 24.3 Å². The van der Waals surface area contributed by atoms with Crippen LogP contribution in [0.25, 0.3) is 0 Å². The molecule has 60 heavy (non-hydrogen) atoms. The summed E-state index contributed by atoms with van der Waals surface area (Å²) in [4.78, 5) is 40.5. The Morgan fingerprint density at radius 2 is 0.917 bits per heavy atom. The topological polar surface area (TPSA) is 124 Å². The van der Waals surface area contributed by atoms with Crippen molar-refractivity contribution in [3.05, 3.63) is 189 Å². The molecule has 6 aromatic rings. The molecule has 6 rings (SSSR count). The van der Waals surface area contributed by atoms with Gasteiger partial charge in [-0.15, -0.1) is 0 Å². The lowest BCUT2D eigenvalue weighted by Gasteiger charge is -2.23. The number of unbranched alkanes of at least 4 members (excludes halogenated alkanes) is 1. The van der Waals surface area contributed by atoms with Crippen molar-refractivity contribution >= 4 is 41.0 Å². The molecule has 0 bridgehead atoms. The molecule has 12 heteroatoms. The third kappa shape index (κ3) is 12.3. The number of hydrogen-bond donors (Lipinski definition) is 2. The van der Waals surface area contributed by atoms with Crippen LogP contribution in [0.3, 0.4) is 0 Å². The van der Waals surface area contributed by atoms with Crippen molar-refractivity contribution in [2.45, 2.75) is 39.3 Å². The van der Waals surface area contributed by atoms with Crippen LogP contribution >= 0.6 is 23.2 Å². The molecule has 0 saturated carbocycles. The van der Waals surface area contributed by atoms with E-state index in [2.05, 4.69) is 5.32 Å². The summed E-state index contributed by atoms with van der Waals surface area (Å²) in [6.45, 7) is 0.613. The average molecular weight is 848 g/mol. The number of carboxylic acid groups (broad SMARTS) is 1. The molecule has 0 unspecified atom stereocenters. The Kier molecular flexibility index (Phi) is 15.8. The van der Waals surface area contributed by atoms with Crippen LogP contribution in [0, 0.1) is 0 Å². The molecule has 0 atom stereocenters. The van der Waals surface area contributed by atoms with Crippen LogP contribution in [-0.4, -0.2) is 47.4 Å². The van der Waals surface area contributed by atoms with Crippen molar-refractivity contribution in [1.29, 1.82) is 0 Å². The number of hydrogen-bond acceptors (Lipinski definition) is 7. The summed E-state index contributed by atoms with van der Waals surface area (Å²) in [5.41, 5.74) is 3.94. The first-order valence-electron chi connectivity index (χ1n) is 19.4. The number of ether oxygens (including phenoxy) is 4. The maximum atomic E-state index is 13.9. The SMILES string of the molecule is O=C(O)CN(CCCCNC(=O)c1ccc(OCc2ccccc2)c(OCc2ccccc2)c1Cl)C(=O)c1ccc(OCc2ccccc2)c(OCc2ccccc2)c1Cl. The molecule has 0 fully saturated rings. The van der Waals surface area contributed by atoms with Crippen molar-refractivity contribution < 1.29 is 38.4 Å². The lowest BCUT2D eigenvalue weighted by molar-refractivity contribution is -0.137. The molecule has 2 N–H and O–H groups in total. The Hall–Kier alpha value is -6.49. The van der Waals surface area contributed by atoms with Gasteiger partial charge in [0.25, 0.3) is 11.8 Å². The number of carboxylic acids is 1. The number of rotatable bonds is 21. The standard InChI is InChI=1S/C48H44Cl2N2O8/c49-43-38(23-25-40(57-30-34-15-5-1-6-16-34)45(43)59-32-36-19-9-3-10-20-36)47(55)51-27-13-14-28-52(29-42(53)54)48(56)39-24-26-41(58-31-35-17-7-2-8-18-35)46(44(39)50)60-33-37-21-11-4-12-22-37/h1-12,15-26H,13-14,27-33H2,(H,51,55)(H,53,54). The Morgan fingerprint density at radius 1 is 0.517 bits per heavy atom. The maximum absolute atomic E-state index is 13.9. The number of nitrogens with zero attached hydrogens (tertiary/aromatic N) is 1. The van der Waals surface area contributed by atoms with Gasteiger partial charge in [0.1, 0.15) is 33.0 Å². The van der Waals surface area contributed by atoms with Gasteiger partial charge in [0.2, 0.25) is 0 Å². The molecule has 0 radical (unpaired) electrons. The van der Waals surface area contributed by atoms with Crippen molar-refractivity contribution in [2.24, 2.45) is 0 Å². The fraction of sp³-hybridized carbons (Fsp3) is 0.188. The van der Waals surface area contributed by atoms with Crippen LogP contribution in [-0.2, 0) is 31.2 Å². The van der Waals surface area contributed by atoms with Gasteiger partial charge in [-0.05, 0) is 59.4 Å². The zero-order valence-corrected chi connectivity index (χ0v) is 34.2. The summed E-state index contributed by atoms with van der Waals surface area (Å²) >= 11 is 13.7. The fourth-order valence-electron chi connectivity index (χ4n) is 6.15. The highest BCUT2D eigenvalue weighted by Gasteiger charge is 2.25. The van der Waals surface area contributed by atoms with E-state index in [1.807, 2.05) is 121 Å². The van der Waals surface area contributed by atoms with E-state index in [1.54, 1.807) is 18.2 Å². The first kappa shape index (κ1) is 43.1. The van der Waals surface area contributed by atoms with Crippen LogP contribution in [0.5, 0.6) is 23.0 Å². The fourth-order valence-corrected chi connectivity index (χ4v) is 6.74. The molecule has 0 aliphatic rings. The number of halogens is 2. The molecule has 308 valence electrons. The quantitative estimate of drug-likeness (QED) is 0.0687. The highest BCUT2D eigenvalue weighted by atomic mass is 35.5. The second-order valence-electron chi connectivity index (χ2n) is 13.7. The maximum Gasteiger partial charge on any atom is 0.323 e. The number of aliphatic carboxylic acids is 1. The van der Waals surface area contributed by atoms with Gasteiger partial charge in [0, 0.05) is 13.1 Å². The monoisotopic (exact) mass is 846 g/mol. The van der Waals surface area contributed by atoms with Gasteiger partial charge in [-0.25, -0.2) is 0 Å². The Morgan fingerprint density at radius 3 is 1.35 bits per heavy atom. The van der Waals surface area contributed by atoms with Crippen LogP contribution in [0.15, 0.2) is 146 Å². The van der Waals surface area contributed by atoms with E-state index >= 15 is 0 Å². The number of carbonyl (C=O) groups is 3. The van der Waals surface area contributed by atoms with Crippen LogP contribution in [0.2, 0.25) is 10.0 Å². The van der Waals surface area contributed by atoms with Gasteiger partial charge in [0.15, 0.2) is 23.0 Å². The third-order valence-electron chi connectivity index (χ3n) is 9.28. The Bertz CT molecular complexity index is 2330. The van der Waals surface area contributed by atoms with E-state index in [0.29, 0.717) is 24.3 Å². The summed E-state index contributed by atoms with van der Waals surface area (Å²) < 4.78 is 24.4. The minimum atomic E-state index is -1.19. The predicted octanol–water partition coefficient (Wildman–Crippen LogP) is 10.0. The zero-order valence-electron chi connectivity index (χ0n) is 32.7. The number of amides is 2. The molecule has 0 aliphatic carbocycles. The first-order valence-corrected chi connectivity index (χ1v) is 20.1. The van der Waals surface area contributed by atoms with Crippen molar-refractivity contribution in [3.8, 4) is 23.0 Å². The summed E-state index contributed by atoms with van der Waals surface area (Å²) in [6.07, 6.45) is 0.797. The summed E-state index contributed by atoms with van der Waals surface area (Å²) in [6, 6.07) is 44.6. The van der Waals surface area contributed by atoms with Gasteiger partial charge in [-0.1, -0.05) is 145 Å². The Labute approximate surface area is 359 Å². The van der Waals surface area contributed by atoms with E-state index in [4.69, 9.17) is 42.1 Å². The Balaban J connectivity index is 1.10. The zero-order chi connectivity index (χ0) is 42.1. The second kappa shape index (κ2) is 22.0. The normalized spacial score (nSPS) is 10.7. The average Bonchev–Trinajstić information content (AvgIpc) is 3.27. The van der Waals surface area contributed by atoms with Gasteiger partial charge in [-0.2, -0.15) is 0 Å². The lowest BCUT2D eigenvalue weighted by Crippen LogP contribution is -2.37. The van der Waals surface area contributed by atoms with Crippen LogP contribution in [0.1, 0.15) is 55.8 Å². The molecule has 0 spiro atoms. The summed E-state index contributed by atoms with van der Waals surface area (Å²) in [7, 11) is 0. The van der Waals surface area contributed by atoms with Crippen LogP contribution in [0.4, 0.5) is 0 Å². The smallest absolute Gasteiger partial charge is 0.323 e. The van der Waals surface area contributed by atoms with E-state index in [-0.39, 0.29) is 72.2 Å². The van der Waals surface area contributed by atoms with Gasteiger partial charge in [0.05, 0.1) is 21.2 Å². The van der Waals surface area contributed by atoms with Crippen molar-refractivity contribution in [3.63, 3.8) is 0 Å². The number of nitrogens with one attached hydrogen (secondary N) is 1. The van der Waals surface area contributed by atoms with E-state index < -0.39 is 24.3 Å². The molecule has 0 aliphatic heterocycles.